The van der Waals surface area contributed by atoms with Crippen LogP contribution in [0.2, 0.25) is 0 Å². The van der Waals surface area contributed by atoms with Gasteiger partial charge in [-0.3, -0.25) is 9.36 Å². The van der Waals surface area contributed by atoms with Gasteiger partial charge in [0.1, 0.15) is 12.3 Å². The van der Waals surface area contributed by atoms with Crippen molar-refractivity contribution in [2.75, 3.05) is 12.4 Å². The maximum absolute atomic E-state index is 12.8. The molecule has 0 bridgehead atoms. The molecule has 0 amide bonds. The topological polar surface area (TPSA) is 61.1 Å². The lowest BCUT2D eigenvalue weighted by atomic mass is 10.1. The number of ketones is 1. The Morgan fingerprint density at radius 1 is 1.03 bits per heavy atom. The van der Waals surface area contributed by atoms with Gasteiger partial charge in [0.05, 0.1) is 13.7 Å². The molecule has 1 heterocycles. The van der Waals surface area contributed by atoms with Crippen LogP contribution in [0, 0.1) is 4.77 Å². The predicted octanol–water partition coefficient (Wildman–Crippen LogP) is 5.67. The second kappa shape index (κ2) is 9.93. The molecule has 0 fully saturated rings. The van der Waals surface area contributed by atoms with E-state index >= 15 is 0 Å². The number of rotatable bonds is 8. The van der Waals surface area contributed by atoms with E-state index in [0.29, 0.717) is 22.7 Å². The third-order valence-corrected chi connectivity index (χ3v) is 5.84. The minimum atomic E-state index is -0.0547. The molecule has 0 saturated heterocycles. The van der Waals surface area contributed by atoms with Crippen LogP contribution in [0.5, 0.6) is 5.75 Å². The fourth-order valence-electron chi connectivity index (χ4n) is 3.26. The number of hydrogen-bond acceptors (Lipinski definition) is 5. The Balaban J connectivity index is 1.63. The highest BCUT2D eigenvalue weighted by Crippen LogP contribution is 2.18. The van der Waals surface area contributed by atoms with Crippen molar-refractivity contribution in [2.24, 2.45) is 0 Å². The van der Waals surface area contributed by atoms with Gasteiger partial charge in [0.15, 0.2) is 11.6 Å². The molecular formula is C24H21BrN4O2S. The number of nitrogens with zero attached hydrogens (tertiary/aromatic N) is 3. The molecule has 0 atom stereocenters. The Morgan fingerprint density at radius 2 is 1.72 bits per heavy atom. The van der Waals surface area contributed by atoms with Crippen LogP contribution in [0.3, 0.4) is 0 Å². The van der Waals surface area contributed by atoms with Crippen molar-refractivity contribution in [3.63, 3.8) is 0 Å². The van der Waals surface area contributed by atoms with Gasteiger partial charge in [0.25, 0.3) is 0 Å². The van der Waals surface area contributed by atoms with Gasteiger partial charge in [-0.05, 0) is 60.7 Å². The van der Waals surface area contributed by atoms with Crippen molar-refractivity contribution in [3.05, 3.63) is 99.5 Å². The summed E-state index contributed by atoms with van der Waals surface area (Å²) >= 11 is 9.10. The number of nitrogens with one attached hydrogen (secondary N) is 1. The molecule has 0 aliphatic rings. The summed E-state index contributed by atoms with van der Waals surface area (Å²) in [5.41, 5.74) is 2.44. The van der Waals surface area contributed by atoms with E-state index in [1.807, 2.05) is 71.3 Å². The number of aromatic nitrogens is 3. The minimum absolute atomic E-state index is 0.0547. The largest absolute Gasteiger partial charge is 0.497 e. The molecule has 4 rings (SSSR count). The Morgan fingerprint density at radius 3 is 2.38 bits per heavy atom. The first kappa shape index (κ1) is 22.0. The summed E-state index contributed by atoms with van der Waals surface area (Å²) in [6.07, 6.45) is 0. The average molecular weight is 509 g/mol. The average Bonchev–Trinajstić information content (AvgIpc) is 3.13. The number of hydrogen-bond donors (Lipinski definition) is 1. The van der Waals surface area contributed by atoms with Crippen LogP contribution in [-0.4, -0.2) is 27.2 Å². The quantitative estimate of drug-likeness (QED) is 0.245. The summed E-state index contributed by atoms with van der Waals surface area (Å²) in [5.74, 6) is 1.44. The number of anilines is 1. The molecule has 0 radical (unpaired) electrons. The molecule has 0 saturated carbocycles. The number of ether oxygens (including phenoxy) is 1. The third-order valence-electron chi connectivity index (χ3n) is 4.92. The van der Waals surface area contributed by atoms with E-state index in [2.05, 4.69) is 26.3 Å². The van der Waals surface area contributed by atoms with Crippen molar-refractivity contribution < 1.29 is 9.53 Å². The van der Waals surface area contributed by atoms with Crippen LogP contribution < -0.4 is 10.1 Å². The fraction of sp³-hybridized carbons (Fsp3) is 0.125. The highest BCUT2D eigenvalue weighted by Gasteiger charge is 2.15. The van der Waals surface area contributed by atoms with Crippen molar-refractivity contribution in [1.29, 1.82) is 0 Å². The normalized spacial score (nSPS) is 10.7. The first-order valence-corrected chi connectivity index (χ1v) is 11.2. The van der Waals surface area contributed by atoms with Crippen LogP contribution >= 0.6 is 28.1 Å². The first-order chi connectivity index (χ1) is 15.5. The van der Waals surface area contributed by atoms with Crippen LogP contribution in [0.4, 0.5) is 5.69 Å². The van der Waals surface area contributed by atoms with E-state index < -0.39 is 0 Å². The first-order valence-electron chi connectivity index (χ1n) is 9.96. The van der Waals surface area contributed by atoms with Gasteiger partial charge < -0.3 is 10.1 Å². The Hall–Kier alpha value is -3.23. The molecular weight excluding hydrogens is 488 g/mol. The van der Waals surface area contributed by atoms with Gasteiger partial charge in [-0.15, -0.1) is 0 Å². The highest BCUT2D eigenvalue weighted by molar-refractivity contribution is 9.10. The monoisotopic (exact) mass is 508 g/mol. The van der Waals surface area contributed by atoms with Gasteiger partial charge >= 0.3 is 0 Å². The van der Waals surface area contributed by atoms with E-state index in [0.717, 1.165) is 21.6 Å². The molecule has 0 spiro atoms. The lowest BCUT2D eigenvalue weighted by Gasteiger charge is -2.09. The number of methoxy groups -OCH3 is 1. The third kappa shape index (κ3) is 4.98. The second-order valence-corrected chi connectivity index (χ2v) is 8.32. The number of para-hydroxylation sites is 1. The van der Waals surface area contributed by atoms with Crippen LogP contribution in [-0.2, 0) is 13.1 Å². The molecule has 3 aromatic carbocycles. The molecule has 0 aliphatic carbocycles. The zero-order valence-corrected chi connectivity index (χ0v) is 19.8. The Labute approximate surface area is 199 Å². The van der Waals surface area contributed by atoms with E-state index in [1.165, 1.54) is 0 Å². The number of benzene rings is 3. The summed E-state index contributed by atoms with van der Waals surface area (Å²) in [6, 6.07) is 24.7. The molecule has 6 nitrogen and oxygen atoms in total. The maximum Gasteiger partial charge on any atom is 0.203 e. The number of carbonyl (C=O) groups excluding carboxylic acids is 1. The van der Waals surface area contributed by atoms with Crippen LogP contribution in [0.1, 0.15) is 16.2 Å². The van der Waals surface area contributed by atoms with E-state index in [1.54, 1.807) is 23.9 Å². The Kier molecular flexibility index (Phi) is 6.82. The SMILES string of the molecule is COc1ccc(NCc2nn(CC(=O)c3ccc(Br)cc3)c(=S)n2-c2ccccc2)cc1. The summed E-state index contributed by atoms with van der Waals surface area (Å²) in [4.78, 5) is 12.8. The summed E-state index contributed by atoms with van der Waals surface area (Å²) < 4.78 is 10.1. The molecule has 1 N–H and O–H groups in total. The van der Waals surface area contributed by atoms with E-state index in [4.69, 9.17) is 17.0 Å². The number of halogens is 1. The molecule has 162 valence electrons. The van der Waals surface area contributed by atoms with Gasteiger partial charge in [-0.1, -0.05) is 46.3 Å². The Bertz CT molecular complexity index is 1270. The highest BCUT2D eigenvalue weighted by atomic mass is 79.9. The molecule has 8 heteroatoms. The smallest absolute Gasteiger partial charge is 0.203 e. The number of carbonyl (C=O) groups is 1. The summed E-state index contributed by atoms with van der Waals surface area (Å²) in [6.45, 7) is 0.500. The summed E-state index contributed by atoms with van der Waals surface area (Å²) in [7, 11) is 1.64. The molecule has 32 heavy (non-hydrogen) atoms. The van der Waals surface area contributed by atoms with Crippen molar-refractivity contribution in [2.45, 2.75) is 13.1 Å². The predicted molar refractivity (Wildman–Crippen MR) is 131 cm³/mol. The molecule has 0 unspecified atom stereocenters. The summed E-state index contributed by atoms with van der Waals surface area (Å²) in [5, 5.41) is 8.04. The standard InChI is InChI=1S/C24H21BrN4O2S/c1-31-21-13-11-19(12-14-21)26-15-23-27-28(16-22(30)17-7-9-18(25)10-8-17)24(32)29(23)20-5-3-2-4-6-20/h2-14,26H,15-16H2,1H3. The van der Waals surface area contributed by atoms with Crippen molar-refractivity contribution in [3.8, 4) is 11.4 Å². The zero-order chi connectivity index (χ0) is 22.5. The molecule has 4 aromatic rings. The van der Waals surface area contributed by atoms with Gasteiger partial charge in [0.2, 0.25) is 4.77 Å². The van der Waals surface area contributed by atoms with E-state index in [9.17, 15) is 4.79 Å². The number of Topliss-reactive ketones (excluding diaryl/α,β-unsaturated/α-hetero) is 1. The second-order valence-electron chi connectivity index (χ2n) is 7.04. The van der Waals surface area contributed by atoms with Crippen molar-refractivity contribution in [1.82, 2.24) is 14.3 Å². The molecule has 0 aliphatic heterocycles. The minimum Gasteiger partial charge on any atom is -0.497 e. The van der Waals surface area contributed by atoms with Gasteiger partial charge in [0, 0.05) is 21.4 Å². The van der Waals surface area contributed by atoms with E-state index in [-0.39, 0.29) is 12.3 Å². The fourth-order valence-corrected chi connectivity index (χ4v) is 3.84. The van der Waals surface area contributed by atoms with Crippen molar-refractivity contribution >= 4 is 39.6 Å². The lowest BCUT2D eigenvalue weighted by molar-refractivity contribution is 0.0967. The van der Waals surface area contributed by atoms with Crippen LogP contribution in [0.25, 0.3) is 5.69 Å². The van der Waals surface area contributed by atoms with Gasteiger partial charge in [-0.25, -0.2) is 4.68 Å². The zero-order valence-electron chi connectivity index (χ0n) is 17.4. The molecule has 1 aromatic heterocycles. The lowest BCUT2D eigenvalue weighted by Crippen LogP contribution is -2.12. The van der Waals surface area contributed by atoms with Gasteiger partial charge in [-0.2, -0.15) is 5.10 Å². The maximum atomic E-state index is 12.8. The van der Waals surface area contributed by atoms with Crippen LogP contribution in [0.15, 0.2) is 83.3 Å².